The third kappa shape index (κ3) is 4.81. The molecule has 6 nitrogen and oxygen atoms in total. The van der Waals surface area contributed by atoms with Gasteiger partial charge < -0.3 is 15.2 Å². The van der Waals surface area contributed by atoms with Gasteiger partial charge in [-0.1, -0.05) is 12.1 Å². The lowest BCUT2D eigenvalue weighted by molar-refractivity contribution is -0.116. The maximum absolute atomic E-state index is 11.9. The molecule has 2 N–H and O–H groups in total. The number of hydrogen-bond donors (Lipinski definition) is 2. The molecule has 0 saturated carbocycles. The number of aromatic carboxylic acids is 1. The molecule has 1 aromatic heterocycles. The number of carbonyl (C=O) groups excluding carboxylic acids is 1. The number of ether oxygens (including phenoxy) is 1. The van der Waals surface area contributed by atoms with Gasteiger partial charge in [-0.2, -0.15) is 0 Å². The van der Waals surface area contributed by atoms with E-state index in [1.54, 1.807) is 7.11 Å². The minimum atomic E-state index is -1.10. The van der Waals surface area contributed by atoms with E-state index >= 15 is 0 Å². The summed E-state index contributed by atoms with van der Waals surface area (Å²) in [5.41, 5.74) is 1.36. The van der Waals surface area contributed by atoms with Crippen molar-refractivity contribution in [3.8, 4) is 5.75 Å². The number of hydrogen-bond acceptors (Lipinski definition) is 4. The maximum Gasteiger partial charge on any atom is 0.337 e. The number of nitrogens with zero attached hydrogens (tertiary/aromatic N) is 1. The van der Waals surface area contributed by atoms with Crippen molar-refractivity contribution in [3.05, 3.63) is 53.9 Å². The van der Waals surface area contributed by atoms with E-state index in [1.165, 1.54) is 18.5 Å². The Morgan fingerprint density at radius 2 is 1.96 bits per heavy atom. The second-order valence-electron chi connectivity index (χ2n) is 4.98. The summed E-state index contributed by atoms with van der Waals surface area (Å²) in [5, 5.41) is 11.7. The standard InChI is InChI=1S/C17H18N2O4/c1-23-13-7-5-12(6-8-13)3-2-4-16(20)19-15-11-18-10-9-14(15)17(21)22/h5-11H,2-4H2,1H3,(H,19,20)(H,21,22). The average Bonchev–Trinajstić information content (AvgIpc) is 2.56. The number of carboxylic acid groups (broad SMARTS) is 1. The van der Waals surface area contributed by atoms with Crippen LogP contribution >= 0.6 is 0 Å². The Balaban J connectivity index is 1.84. The maximum atomic E-state index is 11.9. The first kappa shape index (κ1) is 16.5. The molecule has 1 aromatic carbocycles. The summed E-state index contributed by atoms with van der Waals surface area (Å²) < 4.78 is 5.09. The lowest BCUT2D eigenvalue weighted by atomic mass is 10.1. The van der Waals surface area contributed by atoms with Gasteiger partial charge in [0.05, 0.1) is 24.6 Å². The number of carbonyl (C=O) groups is 2. The highest BCUT2D eigenvalue weighted by molar-refractivity contribution is 6.00. The van der Waals surface area contributed by atoms with Gasteiger partial charge >= 0.3 is 5.97 Å². The lowest BCUT2D eigenvalue weighted by Crippen LogP contribution is -2.14. The number of pyridine rings is 1. The minimum Gasteiger partial charge on any atom is -0.497 e. The van der Waals surface area contributed by atoms with Crippen LogP contribution in [-0.4, -0.2) is 29.1 Å². The normalized spacial score (nSPS) is 10.1. The predicted molar refractivity (Wildman–Crippen MR) is 85.8 cm³/mol. The molecule has 0 aliphatic carbocycles. The van der Waals surface area contributed by atoms with Crippen molar-refractivity contribution in [3.63, 3.8) is 0 Å². The SMILES string of the molecule is COc1ccc(CCCC(=O)Nc2cnccc2C(=O)O)cc1. The van der Waals surface area contributed by atoms with Crippen LogP contribution in [0.25, 0.3) is 0 Å². The largest absolute Gasteiger partial charge is 0.497 e. The van der Waals surface area contributed by atoms with Gasteiger partial charge in [-0.05, 0) is 36.6 Å². The molecule has 0 bridgehead atoms. The van der Waals surface area contributed by atoms with Gasteiger partial charge in [-0.25, -0.2) is 4.79 Å². The smallest absolute Gasteiger partial charge is 0.337 e. The lowest BCUT2D eigenvalue weighted by Gasteiger charge is -2.08. The van der Waals surface area contributed by atoms with Gasteiger partial charge in [0, 0.05) is 12.6 Å². The Morgan fingerprint density at radius 3 is 2.61 bits per heavy atom. The van der Waals surface area contributed by atoms with Gasteiger partial charge in [0.15, 0.2) is 0 Å². The van der Waals surface area contributed by atoms with E-state index in [-0.39, 0.29) is 17.2 Å². The Bertz CT molecular complexity index is 683. The van der Waals surface area contributed by atoms with E-state index in [4.69, 9.17) is 9.84 Å². The van der Waals surface area contributed by atoms with Crippen molar-refractivity contribution in [1.29, 1.82) is 0 Å². The molecule has 0 fully saturated rings. The number of carboxylic acids is 1. The predicted octanol–water partition coefficient (Wildman–Crippen LogP) is 2.75. The zero-order valence-electron chi connectivity index (χ0n) is 12.8. The number of benzene rings is 1. The minimum absolute atomic E-state index is 0.0310. The van der Waals surface area contributed by atoms with Crippen molar-refractivity contribution in [2.75, 3.05) is 12.4 Å². The number of anilines is 1. The quantitative estimate of drug-likeness (QED) is 0.820. The van der Waals surface area contributed by atoms with Gasteiger partial charge in [-0.15, -0.1) is 0 Å². The zero-order chi connectivity index (χ0) is 16.7. The highest BCUT2D eigenvalue weighted by Gasteiger charge is 2.12. The van der Waals surface area contributed by atoms with Crippen LogP contribution in [0.1, 0.15) is 28.8 Å². The van der Waals surface area contributed by atoms with Gasteiger partial charge in [0.2, 0.25) is 5.91 Å². The first-order valence-corrected chi connectivity index (χ1v) is 7.20. The van der Waals surface area contributed by atoms with Gasteiger partial charge in [-0.3, -0.25) is 9.78 Å². The molecule has 0 atom stereocenters. The Kier molecular flexibility index (Phi) is 5.68. The number of aromatic nitrogens is 1. The van der Waals surface area contributed by atoms with E-state index in [1.807, 2.05) is 24.3 Å². The highest BCUT2D eigenvalue weighted by Crippen LogP contribution is 2.15. The summed E-state index contributed by atoms with van der Waals surface area (Å²) in [6.45, 7) is 0. The Labute approximate surface area is 134 Å². The molecular formula is C17H18N2O4. The summed E-state index contributed by atoms with van der Waals surface area (Å²) in [4.78, 5) is 26.8. The zero-order valence-corrected chi connectivity index (χ0v) is 12.8. The fraction of sp³-hybridized carbons (Fsp3) is 0.235. The second-order valence-corrected chi connectivity index (χ2v) is 4.98. The molecule has 0 unspecified atom stereocenters. The molecular weight excluding hydrogens is 296 g/mol. The molecule has 2 rings (SSSR count). The topological polar surface area (TPSA) is 88.5 Å². The molecule has 120 valence electrons. The van der Waals surface area contributed by atoms with E-state index in [9.17, 15) is 9.59 Å². The van der Waals surface area contributed by atoms with Crippen LogP contribution in [-0.2, 0) is 11.2 Å². The van der Waals surface area contributed by atoms with E-state index < -0.39 is 5.97 Å². The van der Waals surface area contributed by atoms with E-state index in [0.29, 0.717) is 12.8 Å². The van der Waals surface area contributed by atoms with Crippen molar-refractivity contribution >= 4 is 17.6 Å². The van der Waals surface area contributed by atoms with Crippen molar-refractivity contribution < 1.29 is 19.4 Å². The monoisotopic (exact) mass is 314 g/mol. The first-order valence-electron chi connectivity index (χ1n) is 7.20. The van der Waals surface area contributed by atoms with E-state index in [2.05, 4.69) is 10.3 Å². The molecule has 0 aliphatic rings. The van der Waals surface area contributed by atoms with Crippen LogP contribution in [0.4, 0.5) is 5.69 Å². The van der Waals surface area contributed by atoms with Crippen LogP contribution in [0.15, 0.2) is 42.7 Å². The fourth-order valence-electron chi connectivity index (χ4n) is 2.14. The van der Waals surface area contributed by atoms with Crippen LogP contribution in [0.3, 0.4) is 0 Å². The molecule has 2 aromatic rings. The van der Waals surface area contributed by atoms with Gasteiger partial charge in [0.1, 0.15) is 5.75 Å². The molecule has 6 heteroatoms. The third-order valence-electron chi connectivity index (χ3n) is 3.35. The highest BCUT2D eigenvalue weighted by atomic mass is 16.5. The number of rotatable bonds is 7. The number of nitrogens with one attached hydrogen (secondary N) is 1. The van der Waals surface area contributed by atoms with Crippen LogP contribution in [0.2, 0.25) is 0 Å². The molecule has 0 spiro atoms. The Morgan fingerprint density at radius 1 is 1.22 bits per heavy atom. The average molecular weight is 314 g/mol. The molecule has 1 amide bonds. The third-order valence-corrected chi connectivity index (χ3v) is 3.35. The van der Waals surface area contributed by atoms with Crippen LogP contribution < -0.4 is 10.1 Å². The molecule has 0 aliphatic heterocycles. The summed E-state index contributed by atoms with van der Waals surface area (Å²) in [5.74, 6) is -0.529. The van der Waals surface area contributed by atoms with Crippen LogP contribution in [0.5, 0.6) is 5.75 Å². The van der Waals surface area contributed by atoms with Gasteiger partial charge in [0.25, 0.3) is 0 Å². The van der Waals surface area contributed by atoms with E-state index in [0.717, 1.165) is 17.7 Å². The van der Waals surface area contributed by atoms with Crippen molar-refractivity contribution in [1.82, 2.24) is 4.98 Å². The number of aryl methyl sites for hydroxylation is 1. The van der Waals surface area contributed by atoms with Crippen molar-refractivity contribution in [2.24, 2.45) is 0 Å². The fourth-order valence-corrected chi connectivity index (χ4v) is 2.14. The summed E-state index contributed by atoms with van der Waals surface area (Å²) in [7, 11) is 1.61. The summed E-state index contributed by atoms with van der Waals surface area (Å²) >= 11 is 0. The van der Waals surface area contributed by atoms with Crippen LogP contribution in [0, 0.1) is 0 Å². The Hall–Kier alpha value is -2.89. The number of methoxy groups -OCH3 is 1. The molecule has 0 saturated heterocycles. The summed E-state index contributed by atoms with van der Waals surface area (Å²) in [6.07, 6.45) is 4.45. The number of amides is 1. The first-order chi connectivity index (χ1) is 11.1. The van der Waals surface area contributed by atoms with Crippen molar-refractivity contribution in [2.45, 2.75) is 19.3 Å². The molecule has 0 radical (unpaired) electrons. The molecule has 1 heterocycles. The molecule has 23 heavy (non-hydrogen) atoms. The second kappa shape index (κ2) is 7.93. The summed E-state index contributed by atoms with van der Waals surface area (Å²) in [6, 6.07) is 9.03.